The number of likely N-dealkylation sites (tertiary alicyclic amines) is 1. The number of carbonyl (C=O) groups is 1. The van der Waals surface area contributed by atoms with Crippen molar-refractivity contribution in [2.45, 2.75) is 37.8 Å². The molecule has 0 unspecified atom stereocenters. The van der Waals surface area contributed by atoms with E-state index in [2.05, 4.69) is 12.1 Å². The van der Waals surface area contributed by atoms with Crippen LogP contribution in [0.15, 0.2) is 48.5 Å². The Kier molecular flexibility index (Phi) is 4.69. The molecule has 5 rings (SSSR count). The molecule has 0 bridgehead atoms. The largest absolute Gasteiger partial charge is 0.454 e. The fraction of sp³-hybridized carbons (Fsp3) is 0.435. The van der Waals surface area contributed by atoms with Crippen molar-refractivity contribution in [3.8, 4) is 11.5 Å². The first kappa shape index (κ1) is 17.6. The van der Waals surface area contributed by atoms with Gasteiger partial charge in [-0.05, 0) is 55.4 Å². The summed E-state index contributed by atoms with van der Waals surface area (Å²) in [6.07, 6.45) is 4.34. The van der Waals surface area contributed by atoms with Crippen LogP contribution in [-0.2, 0) is 11.2 Å². The molecule has 2 aliphatic heterocycles. The van der Waals surface area contributed by atoms with Crippen LogP contribution >= 0.6 is 0 Å². The lowest BCUT2D eigenvalue weighted by Gasteiger charge is -2.28. The zero-order valence-corrected chi connectivity index (χ0v) is 15.9. The number of fused-ring (bicyclic) bond motifs is 1. The average Bonchev–Trinajstić information content (AvgIpc) is 3.30. The highest BCUT2D eigenvalue weighted by atomic mass is 16.7. The molecule has 0 spiro atoms. The first-order valence-electron chi connectivity index (χ1n) is 10.1. The minimum Gasteiger partial charge on any atom is -0.454 e. The lowest BCUT2D eigenvalue weighted by molar-refractivity contribution is 0.0200. The molecule has 5 nitrogen and oxygen atoms in total. The number of hydrogen-bond donors (Lipinski definition) is 0. The molecule has 3 aliphatic rings. The summed E-state index contributed by atoms with van der Waals surface area (Å²) in [5, 5.41) is 0. The third-order valence-electron chi connectivity index (χ3n) is 5.89. The number of ether oxygens (including phenoxy) is 3. The van der Waals surface area contributed by atoms with Crippen molar-refractivity contribution in [1.82, 2.24) is 4.90 Å². The fourth-order valence-corrected chi connectivity index (χ4v) is 4.11. The van der Waals surface area contributed by atoms with Gasteiger partial charge in [0, 0.05) is 18.7 Å². The van der Waals surface area contributed by atoms with E-state index >= 15 is 0 Å². The molecule has 0 aromatic heterocycles. The van der Waals surface area contributed by atoms with E-state index in [1.807, 2.05) is 35.2 Å². The van der Waals surface area contributed by atoms with Crippen LogP contribution in [0.4, 0.5) is 0 Å². The minimum atomic E-state index is 0.0387. The third-order valence-corrected chi connectivity index (χ3v) is 5.89. The zero-order valence-electron chi connectivity index (χ0n) is 15.9. The van der Waals surface area contributed by atoms with E-state index in [1.54, 1.807) is 6.07 Å². The van der Waals surface area contributed by atoms with Crippen LogP contribution in [-0.4, -0.2) is 42.9 Å². The number of nitrogens with zero attached hydrogens (tertiary/aromatic N) is 1. The number of rotatable bonds is 6. The normalized spacial score (nSPS) is 23.2. The van der Waals surface area contributed by atoms with Gasteiger partial charge in [-0.1, -0.05) is 30.3 Å². The van der Waals surface area contributed by atoms with Crippen LogP contribution in [0, 0.1) is 5.92 Å². The summed E-state index contributed by atoms with van der Waals surface area (Å²) < 4.78 is 17.1. The second-order valence-electron chi connectivity index (χ2n) is 7.93. The van der Waals surface area contributed by atoms with Gasteiger partial charge in [-0.3, -0.25) is 4.79 Å². The van der Waals surface area contributed by atoms with Gasteiger partial charge in [0.25, 0.3) is 5.91 Å². The van der Waals surface area contributed by atoms with Crippen LogP contribution in [0.2, 0.25) is 0 Å². The van der Waals surface area contributed by atoms with Crippen molar-refractivity contribution in [3.05, 3.63) is 59.7 Å². The Labute approximate surface area is 165 Å². The molecule has 2 aromatic carbocycles. The van der Waals surface area contributed by atoms with Gasteiger partial charge >= 0.3 is 0 Å². The molecule has 1 aliphatic carbocycles. The summed E-state index contributed by atoms with van der Waals surface area (Å²) >= 11 is 0. The summed E-state index contributed by atoms with van der Waals surface area (Å²) in [6, 6.07) is 15.9. The first-order chi connectivity index (χ1) is 13.8. The summed E-state index contributed by atoms with van der Waals surface area (Å²) in [7, 11) is 0. The van der Waals surface area contributed by atoms with E-state index in [0.717, 1.165) is 31.9 Å². The van der Waals surface area contributed by atoms with Gasteiger partial charge in [0.1, 0.15) is 0 Å². The molecule has 2 fully saturated rings. The summed E-state index contributed by atoms with van der Waals surface area (Å²) in [4.78, 5) is 15.3. The maximum absolute atomic E-state index is 13.3. The fourth-order valence-electron chi connectivity index (χ4n) is 4.11. The van der Waals surface area contributed by atoms with Gasteiger partial charge in [-0.25, -0.2) is 0 Å². The molecule has 146 valence electrons. The molecule has 1 amide bonds. The van der Waals surface area contributed by atoms with Crippen molar-refractivity contribution < 1.29 is 19.0 Å². The van der Waals surface area contributed by atoms with E-state index in [4.69, 9.17) is 14.2 Å². The van der Waals surface area contributed by atoms with Gasteiger partial charge in [0.2, 0.25) is 6.79 Å². The number of carbonyl (C=O) groups excluding carboxylic acids is 1. The zero-order chi connectivity index (χ0) is 18.9. The Morgan fingerprint density at radius 2 is 1.86 bits per heavy atom. The predicted octanol–water partition coefficient (Wildman–Crippen LogP) is 3.67. The molecular formula is C23H25NO4. The molecule has 2 atom stereocenters. The second-order valence-corrected chi connectivity index (χ2v) is 7.93. The molecule has 0 N–H and O–H groups in total. The molecule has 2 heterocycles. The van der Waals surface area contributed by atoms with Crippen LogP contribution in [0.25, 0.3) is 0 Å². The van der Waals surface area contributed by atoms with Crippen LogP contribution < -0.4 is 9.47 Å². The maximum Gasteiger partial charge on any atom is 0.254 e. The summed E-state index contributed by atoms with van der Waals surface area (Å²) in [6.45, 7) is 1.76. The maximum atomic E-state index is 13.3. The highest BCUT2D eigenvalue weighted by molar-refractivity contribution is 5.95. The van der Waals surface area contributed by atoms with Crippen LogP contribution in [0.1, 0.15) is 35.2 Å². The number of amides is 1. The van der Waals surface area contributed by atoms with Gasteiger partial charge in [0.05, 0.1) is 12.1 Å². The lowest BCUT2D eigenvalue weighted by atomic mass is 10.0. The lowest BCUT2D eigenvalue weighted by Crippen LogP contribution is -2.42. The minimum absolute atomic E-state index is 0.0387. The average molecular weight is 379 g/mol. The molecular weight excluding hydrogens is 354 g/mol. The van der Waals surface area contributed by atoms with E-state index in [9.17, 15) is 4.79 Å². The van der Waals surface area contributed by atoms with Crippen molar-refractivity contribution in [1.29, 1.82) is 0 Å². The Balaban J connectivity index is 1.36. The van der Waals surface area contributed by atoms with Crippen molar-refractivity contribution in [3.63, 3.8) is 0 Å². The van der Waals surface area contributed by atoms with Crippen LogP contribution in [0.3, 0.4) is 0 Å². The standard InChI is InChI=1S/C23H25NO4/c25-23(18-8-9-21-22(13-18)28-15-27-21)24-11-10-20(26-14-17-6-7-17)19(24)12-16-4-2-1-3-5-16/h1-5,8-9,13,17,19-20H,6-7,10-12,14-15H2/t19-,20+/m0/s1. The molecule has 2 aromatic rings. The molecule has 0 radical (unpaired) electrons. The summed E-state index contributed by atoms with van der Waals surface area (Å²) in [5.41, 5.74) is 1.88. The SMILES string of the molecule is O=C(c1ccc2c(c1)OCO2)N1CC[C@@H](OCC2CC2)[C@@H]1Cc1ccccc1. The van der Waals surface area contributed by atoms with Gasteiger partial charge in [-0.15, -0.1) is 0 Å². The van der Waals surface area contributed by atoms with Crippen LogP contribution in [0.5, 0.6) is 11.5 Å². The number of benzene rings is 2. The Bertz CT molecular complexity index is 849. The predicted molar refractivity (Wildman–Crippen MR) is 105 cm³/mol. The van der Waals surface area contributed by atoms with E-state index in [-0.39, 0.29) is 24.8 Å². The highest BCUT2D eigenvalue weighted by Gasteiger charge is 2.39. The van der Waals surface area contributed by atoms with Crippen molar-refractivity contribution in [2.24, 2.45) is 5.92 Å². The van der Waals surface area contributed by atoms with E-state index < -0.39 is 0 Å². The molecule has 28 heavy (non-hydrogen) atoms. The Hall–Kier alpha value is -2.53. The molecule has 1 saturated carbocycles. The van der Waals surface area contributed by atoms with Gasteiger partial charge in [-0.2, -0.15) is 0 Å². The topological polar surface area (TPSA) is 48.0 Å². The molecule has 1 saturated heterocycles. The van der Waals surface area contributed by atoms with E-state index in [0.29, 0.717) is 17.1 Å². The Morgan fingerprint density at radius 1 is 1.04 bits per heavy atom. The third kappa shape index (κ3) is 3.59. The highest BCUT2D eigenvalue weighted by Crippen LogP contribution is 2.35. The smallest absolute Gasteiger partial charge is 0.254 e. The number of hydrogen-bond acceptors (Lipinski definition) is 4. The summed E-state index contributed by atoms with van der Waals surface area (Å²) in [5.74, 6) is 2.10. The second kappa shape index (κ2) is 7.47. The van der Waals surface area contributed by atoms with Gasteiger partial charge < -0.3 is 19.1 Å². The van der Waals surface area contributed by atoms with Crippen molar-refractivity contribution >= 4 is 5.91 Å². The van der Waals surface area contributed by atoms with E-state index in [1.165, 1.54) is 18.4 Å². The monoisotopic (exact) mass is 379 g/mol. The first-order valence-corrected chi connectivity index (χ1v) is 10.1. The Morgan fingerprint density at radius 3 is 2.68 bits per heavy atom. The van der Waals surface area contributed by atoms with Crippen molar-refractivity contribution in [2.75, 3.05) is 19.9 Å². The van der Waals surface area contributed by atoms with Gasteiger partial charge in [0.15, 0.2) is 11.5 Å². The molecule has 5 heteroatoms. The quantitative estimate of drug-likeness (QED) is 0.768.